The number of carbonyl (C=O) groups excluding carboxylic acids is 1. The zero-order chi connectivity index (χ0) is 19.1. The van der Waals surface area contributed by atoms with Gasteiger partial charge in [-0.05, 0) is 43.6 Å². The van der Waals surface area contributed by atoms with Crippen molar-refractivity contribution >= 4 is 50.2 Å². The monoisotopic (exact) mass is 413 g/mol. The van der Waals surface area contributed by atoms with E-state index in [9.17, 15) is 13.2 Å². The van der Waals surface area contributed by atoms with E-state index in [4.69, 9.17) is 27.9 Å². The Morgan fingerprint density at radius 3 is 2.46 bits per heavy atom. The third-order valence-corrected chi connectivity index (χ3v) is 5.74. The highest BCUT2D eigenvalue weighted by Gasteiger charge is 2.29. The van der Waals surface area contributed by atoms with E-state index in [0.717, 1.165) is 9.54 Å². The van der Waals surface area contributed by atoms with Crippen molar-refractivity contribution in [3.63, 3.8) is 0 Å². The Kier molecular flexibility index (Phi) is 4.92. The largest absolute Gasteiger partial charge is 0.461 e. The molecule has 1 aromatic carbocycles. The number of benzene rings is 1. The van der Waals surface area contributed by atoms with Gasteiger partial charge in [-0.3, -0.25) is 0 Å². The lowest BCUT2D eigenvalue weighted by atomic mass is 10.2. The van der Waals surface area contributed by atoms with Crippen molar-refractivity contribution in [2.45, 2.75) is 18.7 Å². The summed E-state index contributed by atoms with van der Waals surface area (Å²) in [7, 11) is -4.16. The fourth-order valence-corrected chi connectivity index (χ4v) is 4.45. The quantitative estimate of drug-likeness (QED) is 0.369. The van der Waals surface area contributed by atoms with Crippen molar-refractivity contribution in [3.8, 4) is 0 Å². The van der Waals surface area contributed by atoms with Crippen LogP contribution in [0.25, 0.3) is 11.0 Å². The molecule has 0 fully saturated rings. The fraction of sp³-hybridized carbons (Fsp3) is 0.188. The second-order valence-corrected chi connectivity index (χ2v) is 7.83. The van der Waals surface area contributed by atoms with E-state index in [2.05, 4.69) is 9.97 Å². The van der Waals surface area contributed by atoms with Crippen LogP contribution in [0.4, 0.5) is 0 Å². The first-order valence-corrected chi connectivity index (χ1v) is 9.69. The first kappa shape index (κ1) is 18.6. The third kappa shape index (κ3) is 3.15. The number of nitrogens with zero attached hydrogens (tertiary/aromatic N) is 3. The molecule has 2 heterocycles. The zero-order valence-corrected chi connectivity index (χ0v) is 16.1. The summed E-state index contributed by atoms with van der Waals surface area (Å²) in [5, 5.41) is -0.353. The van der Waals surface area contributed by atoms with Crippen LogP contribution in [0.2, 0.25) is 10.4 Å². The van der Waals surface area contributed by atoms with Crippen molar-refractivity contribution in [2.75, 3.05) is 6.61 Å². The molecule has 10 heteroatoms. The van der Waals surface area contributed by atoms with E-state index < -0.39 is 16.0 Å². The van der Waals surface area contributed by atoms with Gasteiger partial charge >= 0.3 is 5.97 Å². The number of fused-ring (bicyclic) bond motifs is 1. The van der Waals surface area contributed by atoms with E-state index in [0.29, 0.717) is 0 Å². The van der Waals surface area contributed by atoms with E-state index in [1.54, 1.807) is 19.1 Å². The highest BCUT2D eigenvalue weighted by Crippen LogP contribution is 2.30. The lowest BCUT2D eigenvalue weighted by Gasteiger charge is -2.12. The van der Waals surface area contributed by atoms with Crippen LogP contribution in [0, 0.1) is 6.92 Å². The lowest BCUT2D eigenvalue weighted by molar-refractivity contribution is 0.0518. The number of hydrogen-bond donors (Lipinski definition) is 0. The molecule has 0 unspecified atom stereocenters. The number of carbonyl (C=O) groups is 1. The molecule has 0 spiro atoms. The average molecular weight is 414 g/mol. The number of esters is 1. The summed E-state index contributed by atoms with van der Waals surface area (Å²) in [5.74, 6) is -0.826. The van der Waals surface area contributed by atoms with Crippen LogP contribution in [0.1, 0.15) is 23.0 Å². The van der Waals surface area contributed by atoms with Gasteiger partial charge in [0.05, 0.1) is 17.0 Å². The van der Waals surface area contributed by atoms with Crippen molar-refractivity contribution < 1.29 is 17.9 Å². The molecule has 0 aliphatic heterocycles. The van der Waals surface area contributed by atoms with Crippen LogP contribution in [-0.2, 0) is 14.8 Å². The topological polar surface area (TPSA) is 91.2 Å². The van der Waals surface area contributed by atoms with Crippen molar-refractivity contribution in [1.29, 1.82) is 0 Å². The number of ether oxygens (including phenoxy) is 1. The Morgan fingerprint density at radius 1 is 1.19 bits per heavy atom. The maximum atomic E-state index is 13.2. The van der Waals surface area contributed by atoms with Gasteiger partial charge in [-0.1, -0.05) is 29.3 Å². The molecule has 26 heavy (non-hydrogen) atoms. The SMILES string of the molecule is CCOC(=O)c1cc2nc(Cl)nc(Cl)c2n1S(=O)(=O)c1ccc(C)cc1. The van der Waals surface area contributed by atoms with E-state index in [1.165, 1.54) is 18.2 Å². The third-order valence-electron chi connectivity index (χ3n) is 3.58. The first-order chi connectivity index (χ1) is 12.3. The first-order valence-electron chi connectivity index (χ1n) is 7.49. The van der Waals surface area contributed by atoms with Gasteiger partial charge in [0.1, 0.15) is 11.2 Å². The van der Waals surface area contributed by atoms with Gasteiger partial charge in [-0.15, -0.1) is 0 Å². The van der Waals surface area contributed by atoms with E-state index in [-0.39, 0.29) is 38.7 Å². The summed E-state index contributed by atoms with van der Waals surface area (Å²) >= 11 is 11.9. The van der Waals surface area contributed by atoms with Gasteiger partial charge in [0, 0.05) is 0 Å². The minimum atomic E-state index is -4.16. The molecule has 0 saturated heterocycles. The summed E-state index contributed by atoms with van der Waals surface area (Å²) < 4.78 is 32.2. The smallest absolute Gasteiger partial charge is 0.356 e. The molecule has 3 rings (SSSR count). The molecule has 136 valence electrons. The van der Waals surface area contributed by atoms with Crippen molar-refractivity contribution in [3.05, 3.63) is 52.0 Å². The Bertz CT molecular complexity index is 1110. The molecule has 0 aliphatic rings. The Morgan fingerprint density at radius 2 is 1.85 bits per heavy atom. The molecular formula is C16H13Cl2N3O4S. The molecule has 2 aromatic heterocycles. The number of aryl methyl sites for hydroxylation is 1. The predicted molar refractivity (Wildman–Crippen MR) is 97.3 cm³/mol. The highest BCUT2D eigenvalue weighted by molar-refractivity contribution is 7.90. The molecule has 0 atom stereocenters. The molecule has 0 saturated carbocycles. The van der Waals surface area contributed by atoms with Crippen LogP contribution in [0.5, 0.6) is 0 Å². The van der Waals surface area contributed by atoms with Crippen molar-refractivity contribution in [2.24, 2.45) is 0 Å². The molecule has 7 nitrogen and oxygen atoms in total. The molecule has 0 aliphatic carbocycles. The molecule has 0 amide bonds. The summed E-state index contributed by atoms with van der Waals surface area (Å²) in [6, 6.07) is 7.44. The summed E-state index contributed by atoms with van der Waals surface area (Å²) in [6.45, 7) is 3.52. The zero-order valence-electron chi connectivity index (χ0n) is 13.7. The number of aromatic nitrogens is 3. The number of hydrogen-bond acceptors (Lipinski definition) is 6. The Labute approximate surface area is 159 Å². The van der Waals surface area contributed by atoms with Crippen LogP contribution >= 0.6 is 23.2 Å². The average Bonchev–Trinajstić information content (AvgIpc) is 2.96. The van der Waals surface area contributed by atoms with Gasteiger partial charge < -0.3 is 4.74 Å². The van der Waals surface area contributed by atoms with Gasteiger partial charge in [0.15, 0.2) is 5.15 Å². The molecular weight excluding hydrogens is 401 g/mol. The minimum Gasteiger partial charge on any atom is -0.461 e. The predicted octanol–water partition coefficient (Wildman–Crippen LogP) is 3.46. The minimum absolute atomic E-state index is 0.0165. The molecule has 3 aromatic rings. The second kappa shape index (κ2) is 6.86. The Balaban J connectivity index is 2.37. The van der Waals surface area contributed by atoms with Gasteiger partial charge in [-0.2, -0.15) is 0 Å². The highest BCUT2D eigenvalue weighted by atomic mass is 35.5. The lowest BCUT2D eigenvalue weighted by Crippen LogP contribution is -2.20. The number of halogens is 2. The van der Waals surface area contributed by atoms with Crippen LogP contribution in [0.3, 0.4) is 0 Å². The van der Waals surface area contributed by atoms with Gasteiger partial charge in [0.25, 0.3) is 10.0 Å². The molecule has 0 bridgehead atoms. The summed E-state index contributed by atoms with van der Waals surface area (Å²) in [6.07, 6.45) is 0. The standard InChI is InChI=1S/C16H13Cl2N3O4S/c1-3-25-15(22)12-8-11-13(14(17)20-16(18)19-11)21(12)26(23,24)10-6-4-9(2)5-7-10/h4-8H,3H2,1-2H3. The maximum Gasteiger partial charge on any atom is 0.356 e. The van der Waals surface area contributed by atoms with Crippen LogP contribution in [-0.4, -0.2) is 34.9 Å². The Hall–Kier alpha value is -2.16. The van der Waals surface area contributed by atoms with Crippen molar-refractivity contribution in [1.82, 2.24) is 13.9 Å². The summed E-state index contributed by atoms with van der Waals surface area (Å²) in [4.78, 5) is 20.1. The molecule has 0 N–H and O–H groups in total. The van der Waals surface area contributed by atoms with Crippen LogP contribution < -0.4 is 0 Å². The molecule has 0 radical (unpaired) electrons. The fourth-order valence-electron chi connectivity index (χ4n) is 2.43. The summed E-state index contributed by atoms with van der Waals surface area (Å²) in [5.41, 5.74) is 0.731. The van der Waals surface area contributed by atoms with E-state index >= 15 is 0 Å². The van der Waals surface area contributed by atoms with Gasteiger partial charge in [0.2, 0.25) is 5.28 Å². The van der Waals surface area contributed by atoms with Crippen LogP contribution in [0.15, 0.2) is 35.2 Å². The maximum absolute atomic E-state index is 13.2. The number of rotatable bonds is 4. The second-order valence-electron chi connectivity index (χ2n) is 5.35. The normalized spacial score (nSPS) is 11.7. The van der Waals surface area contributed by atoms with E-state index in [1.807, 2.05) is 6.92 Å². The van der Waals surface area contributed by atoms with Gasteiger partial charge in [-0.25, -0.2) is 27.2 Å².